The molecular weight excluding hydrogens is 222 g/mol. The number of rotatable bonds is 2. The summed E-state index contributed by atoms with van der Waals surface area (Å²) in [7, 11) is 2.14. The van der Waals surface area contributed by atoms with Gasteiger partial charge in [0, 0.05) is 13.1 Å². The maximum atomic E-state index is 11.0. The molecular formula is C16H23NO. The third-order valence-electron chi connectivity index (χ3n) is 4.82. The molecule has 1 aromatic carbocycles. The van der Waals surface area contributed by atoms with Gasteiger partial charge in [-0.1, -0.05) is 30.7 Å². The lowest BCUT2D eigenvalue weighted by atomic mass is 9.73. The van der Waals surface area contributed by atoms with Crippen molar-refractivity contribution in [2.45, 2.75) is 43.6 Å². The van der Waals surface area contributed by atoms with Crippen molar-refractivity contribution >= 4 is 0 Å². The summed E-state index contributed by atoms with van der Waals surface area (Å²) in [4.78, 5) is 2.31. The molecule has 98 valence electrons. The van der Waals surface area contributed by atoms with Crippen molar-refractivity contribution in [1.29, 1.82) is 0 Å². The second kappa shape index (κ2) is 4.67. The zero-order valence-electron chi connectivity index (χ0n) is 11.2. The molecule has 0 bridgehead atoms. The maximum Gasteiger partial charge on any atom is 0.0923 e. The first-order valence-corrected chi connectivity index (χ1v) is 7.19. The van der Waals surface area contributed by atoms with Crippen LogP contribution in [0.5, 0.6) is 0 Å². The van der Waals surface area contributed by atoms with Gasteiger partial charge in [0.1, 0.15) is 0 Å². The Balaban J connectivity index is 1.90. The Morgan fingerprint density at radius 2 is 1.83 bits per heavy atom. The van der Waals surface area contributed by atoms with E-state index in [1.54, 1.807) is 0 Å². The third-order valence-corrected chi connectivity index (χ3v) is 4.82. The molecule has 3 rings (SSSR count). The van der Waals surface area contributed by atoms with Crippen molar-refractivity contribution in [2.24, 2.45) is 0 Å². The zero-order valence-corrected chi connectivity index (χ0v) is 11.2. The largest absolute Gasteiger partial charge is 0.385 e. The number of nitrogens with zero attached hydrogens (tertiary/aromatic N) is 1. The molecule has 0 spiro atoms. The first kappa shape index (κ1) is 12.2. The molecule has 1 heterocycles. The van der Waals surface area contributed by atoms with E-state index in [0.29, 0.717) is 5.92 Å². The van der Waals surface area contributed by atoms with Crippen molar-refractivity contribution in [2.75, 3.05) is 20.1 Å². The molecule has 1 aliphatic carbocycles. The number of piperidine rings is 1. The van der Waals surface area contributed by atoms with E-state index >= 15 is 0 Å². The van der Waals surface area contributed by atoms with Gasteiger partial charge in [-0.15, -0.1) is 0 Å². The average Bonchev–Trinajstić information content (AvgIpc) is 2.32. The lowest BCUT2D eigenvalue weighted by Crippen LogP contribution is -2.41. The molecule has 1 aromatic rings. The van der Waals surface area contributed by atoms with Crippen LogP contribution < -0.4 is 0 Å². The number of aliphatic hydroxyl groups is 1. The number of benzene rings is 1. The quantitative estimate of drug-likeness (QED) is 0.866. The Kier molecular flexibility index (Phi) is 3.16. The monoisotopic (exact) mass is 245 g/mol. The van der Waals surface area contributed by atoms with E-state index in [1.165, 1.54) is 30.4 Å². The fraction of sp³-hybridized carbons (Fsp3) is 0.625. The van der Waals surface area contributed by atoms with Crippen molar-refractivity contribution in [3.8, 4) is 0 Å². The predicted molar refractivity (Wildman–Crippen MR) is 73.7 cm³/mol. The topological polar surface area (TPSA) is 23.5 Å². The van der Waals surface area contributed by atoms with E-state index < -0.39 is 5.60 Å². The molecule has 18 heavy (non-hydrogen) atoms. The molecule has 1 saturated carbocycles. The van der Waals surface area contributed by atoms with Gasteiger partial charge in [0.2, 0.25) is 0 Å². The van der Waals surface area contributed by atoms with E-state index in [1.807, 2.05) is 0 Å². The highest BCUT2D eigenvalue weighted by Crippen LogP contribution is 2.43. The van der Waals surface area contributed by atoms with Crippen molar-refractivity contribution < 1.29 is 5.11 Å². The van der Waals surface area contributed by atoms with Crippen LogP contribution in [0, 0.1) is 0 Å². The molecule has 0 amide bonds. The van der Waals surface area contributed by atoms with Gasteiger partial charge < -0.3 is 10.0 Å². The summed E-state index contributed by atoms with van der Waals surface area (Å²) in [6, 6.07) is 8.58. The first-order chi connectivity index (χ1) is 8.69. The Morgan fingerprint density at radius 1 is 1.17 bits per heavy atom. The fourth-order valence-corrected chi connectivity index (χ4v) is 3.25. The Labute approximate surface area is 110 Å². The van der Waals surface area contributed by atoms with Crippen molar-refractivity contribution in [3.63, 3.8) is 0 Å². The minimum atomic E-state index is -0.585. The van der Waals surface area contributed by atoms with Gasteiger partial charge in [-0.05, 0) is 49.8 Å². The lowest BCUT2D eigenvalue weighted by Gasteiger charge is -2.40. The van der Waals surface area contributed by atoms with Crippen LogP contribution in [0.2, 0.25) is 0 Å². The third kappa shape index (κ3) is 2.08. The molecule has 0 aromatic heterocycles. The minimum absolute atomic E-state index is 0.585. The minimum Gasteiger partial charge on any atom is -0.385 e. The first-order valence-electron chi connectivity index (χ1n) is 7.19. The molecule has 2 aliphatic rings. The summed E-state index contributed by atoms with van der Waals surface area (Å²) < 4.78 is 0. The highest BCUT2D eigenvalue weighted by molar-refractivity contribution is 5.36. The molecule has 1 aliphatic heterocycles. The maximum absolute atomic E-state index is 11.0. The van der Waals surface area contributed by atoms with Crippen LogP contribution in [-0.4, -0.2) is 30.1 Å². The summed E-state index contributed by atoms with van der Waals surface area (Å²) in [6.07, 6.45) is 5.68. The lowest BCUT2D eigenvalue weighted by molar-refractivity contribution is -0.0215. The summed E-state index contributed by atoms with van der Waals surface area (Å²) in [6.45, 7) is 1.99. The van der Waals surface area contributed by atoms with E-state index in [2.05, 4.69) is 36.2 Å². The highest BCUT2D eigenvalue weighted by Gasteiger charge is 2.36. The number of hydrogen-bond acceptors (Lipinski definition) is 2. The summed E-state index contributed by atoms with van der Waals surface area (Å²) >= 11 is 0. The molecule has 2 fully saturated rings. The van der Waals surface area contributed by atoms with Crippen LogP contribution in [0.4, 0.5) is 0 Å². The van der Waals surface area contributed by atoms with Gasteiger partial charge in [-0.2, -0.15) is 0 Å². The molecule has 1 saturated heterocycles. The molecule has 1 N–H and O–H groups in total. The van der Waals surface area contributed by atoms with Gasteiger partial charge in [0.05, 0.1) is 5.60 Å². The SMILES string of the molecule is CN1CCC(O)(c2ccccc2C2CCC2)CC1. The van der Waals surface area contributed by atoms with E-state index in [0.717, 1.165) is 25.9 Å². The van der Waals surface area contributed by atoms with Gasteiger partial charge in [-0.3, -0.25) is 0 Å². The van der Waals surface area contributed by atoms with Crippen LogP contribution in [0.15, 0.2) is 24.3 Å². The second-order valence-electron chi connectivity index (χ2n) is 6.05. The average molecular weight is 245 g/mol. The standard InChI is InChI=1S/C16H23NO/c1-17-11-9-16(18,10-12-17)15-8-3-2-7-14(15)13-5-4-6-13/h2-3,7-8,13,18H,4-6,9-12H2,1H3. The highest BCUT2D eigenvalue weighted by atomic mass is 16.3. The Bertz CT molecular complexity index is 417. The normalized spacial score (nSPS) is 24.8. The molecule has 0 radical (unpaired) electrons. The molecule has 2 nitrogen and oxygen atoms in total. The molecule has 0 atom stereocenters. The van der Waals surface area contributed by atoms with Gasteiger partial charge in [-0.25, -0.2) is 0 Å². The van der Waals surface area contributed by atoms with Gasteiger partial charge in [0.15, 0.2) is 0 Å². The van der Waals surface area contributed by atoms with Crippen molar-refractivity contribution in [1.82, 2.24) is 4.90 Å². The van der Waals surface area contributed by atoms with E-state index in [-0.39, 0.29) is 0 Å². The van der Waals surface area contributed by atoms with Crippen molar-refractivity contribution in [3.05, 3.63) is 35.4 Å². The Morgan fingerprint density at radius 3 is 2.44 bits per heavy atom. The van der Waals surface area contributed by atoms with Gasteiger partial charge in [0.25, 0.3) is 0 Å². The van der Waals surface area contributed by atoms with Crippen LogP contribution >= 0.6 is 0 Å². The second-order valence-corrected chi connectivity index (χ2v) is 6.05. The van der Waals surface area contributed by atoms with E-state index in [9.17, 15) is 5.11 Å². The predicted octanol–water partition coefficient (Wildman–Crippen LogP) is 2.87. The fourth-order valence-electron chi connectivity index (χ4n) is 3.25. The van der Waals surface area contributed by atoms with Gasteiger partial charge >= 0.3 is 0 Å². The van der Waals surface area contributed by atoms with Crippen LogP contribution in [0.1, 0.15) is 49.1 Å². The number of hydrogen-bond donors (Lipinski definition) is 1. The Hall–Kier alpha value is -0.860. The van der Waals surface area contributed by atoms with Crippen LogP contribution in [-0.2, 0) is 5.60 Å². The van der Waals surface area contributed by atoms with E-state index in [4.69, 9.17) is 0 Å². The molecule has 2 heteroatoms. The number of likely N-dealkylation sites (tertiary alicyclic amines) is 1. The summed E-state index contributed by atoms with van der Waals surface area (Å²) in [5, 5.41) is 11.0. The smallest absolute Gasteiger partial charge is 0.0923 e. The molecule has 0 unspecified atom stereocenters. The summed E-state index contributed by atoms with van der Waals surface area (Å²) in [5.41, 5.74) is 2.04. The summed E-state index contributed by atoms with van der Waals surface area (Å²) in [5.74, 6) is 0.699. The van der Waals surface area contributed by atoms with Crippen LogP contribution in [0.25, 0.3) is 0 Å². The van der Waals surface area contributed by atoms with Crippen LogP contribution in [0.3, 0.4) is 0 Å². The zero-order chi connectivity index (χ0) is 12.6.